The topological polar surface area (TPSA) is 56.8 Å². The van der Waals surface area contributed by atoms with Crippen LogP contribution in [0.15, 0.2) is 29.2 Å². The maximum atomic E-state index is 13.8. The molecule has 0 aliphatic carbocycles. The van der Waals surface area contributed by atoms with Gasteiger partial charge in [-0.1, -0.05) is 12.1 Å². The average molecular weight is 306 g/mol. The summed E-state index contributed by atoms with van der Waals surface area (Å²) in [6.45, 7) is 0. The van der Waals surface area contributed by atoms with Gasteiger partial charge in [0, 0.05) is 4.90 Å². The third-order valence-corrected chi connectivity index (χ3v) is 2.95. The van der Waals surface area contributed by atoms with Crippen molar-refractivity contribution in [2.24, 2.45) is 0 Å². The van der Waals surface area contributed by atoms with Gasteiger partial charge in [-0.2, -0.15) is 14.9 Å². The summed E-state index contributed by atoms with van der Waals surface area (Å²) in [5, 5.41) is 17.8. The van der Waals surface area contributed by atoms with Gasteiger partial charge in [-0.15, -0.1) is 12.6 Å². The molecule has 0 bridgehead atoms. The van der Waals surface area contributed by atoms with Crippen LogP contribution in [0.3, 0.4) is 0 Å². The summed E-state index contributed by atoms with van der Waals surface area (Å²) in [5.74, 6) is -6.10. The molecule has 7 heteroatoms. The summed E-state index contributed by atoms with van der Waals surface area (Å²) in [5.41, 5.74) is -1.63. The summed E-state index contributed by atoms with van der Waals surface area (Å²) >= 11 is 4.06. The summed E-state index contributed by atoms with van der Waals surface area (Å²) in [6.07, 6.45) is 0. The monoisotopic (exact) mass is 306 g/mol. The van der Waals surface area contributed by atoms with Crippen LogP contribution >= 0.6 is 12.6 Å². The lowest BCUT2D eigenvalue weighted by Gasteiger charge is -2.12. The van der Waals surface area contributed by atoms with Crippen LogP contribution in [0.1, 0.15) is 11.1 Å². The molecular formula is C14H5F3N2OS. The van der Waals surface area contributed by atoms with Gasteiger partial charge in [0.25, 0.3) is 0 Å². The Morgan fingerprint density at radius 1 is 0.905 bits per heavy atom. The summed E-state index contributed by atoms with van der Waals surface area (Å²) in [4.78, 5) is 0.295. The van der Waals surface area contributed by atoms with Crippen LogP contribution < -0.4 is 4.74 Å². The third kappa shape index (κ3) is 2.51. The molecule has 3 nitrogen and oxygen atoms in total. The van der Waals surface area contributed by atoms with Crippen molar-refractivity contribution in [2.75, 3.05) is 0 Å². The minimum absolute atomic E-state index is 0.0335. The fourth-order valence-corrected chi connectivity index (χ4v) is 1.81. The number of ether oxygens (including phenoxy) is 1. The molecule has 0 saturated heterocycles. The second kappa shape index (κ2) is 5.78. The number of benzene rings is 2. The van der Waals surface area contributed by atoms with Crippen molar-refractivity contribution in [3.8, 4) is 23.6 Å². The second-order valence-electron chi connectivity index (χ2n) is 3.81. The highest BCUT2D eigenvalue weighted by atomic mass is 32.1. The quantitative estimate of drug-likeness (QED) is 0.675. The van der Waals surface area contributed by atoms with Crippen LogP contribution in [-0.2, 0) is 0 Å². The zero-order valence-corrected chi connectivity index (χ0v) is 11.1. The molecule has 0 amide bonds. The highest BCUT2D eigenvalue weighted by Crippen LogP contribution is 2.35. The number of hydrogen-bond donors (Lipinski definition) is 1. The molecule has 0 saturated carbocycles. The van der Waals surface area contributed by atoms with Crippen LogP contribution in [0.25, 0.3) is 0 Å². The third-order valence-electron chi connectivity index (χ3n) is 2.58. The first kappa shape index (κ1) is 14.8. The Hall–Kier alpha value is -2.64. The Balaban J connectivity index is 2.70. The molecule has 2 aromatic carbocycles. The van der Waals surface area contributed by atoms with Crippen LogP contribution in [0, 0.1) is 40.1 Å². The molecule has 0 aliphatic heterocycles. The van der Waals surface area contributed by atoms with Gasteiger partial charge in [0.15, 0.2) is 17.4 Å². The van der Waals surface area contributed by atoms with Gasteiger partial charge in [-0.3, -0.25) is 0 Å². The predicted molar refractivity (Wildman–Crippen MR) is 69.5 cm³/mol. The molecule has 2 rings (SSSR count). The predicted octanol–water partition coefficient (Wildman–Crippen LogP) is 3.93. The molecule has 0 radical (unpaired) electrons. The molecule has 21 heavy (non-hydrogen) atoms. The summed E-state index contributed by atoms with van der Waals surface area (Å²) < 4.78 is 45.8. The molecule has 0 fully saturated rings. The first-order chi connectivity index (χ1) is 10.0. The zero-order valence-electron chi connectivity index (χ0n) is 10.2. The van der Waals surface area contributed by atoms with Gasteiger partial charge in [0.05, 0.1) is 0 Å². The number of rotatable bonds is 2. The van der Waals surface area contributed by atoms with E-state index >= 15 is 0 Å². The Morgan fingerprint density at radius 2 is 1.52 bits per heavy atom. The molecule has 0 N–H and O–H groups in total. The molecule has 0 spiro atoms. The van der Waals surface area contributed by atoms with Gasteiger partial charge in [-0.25, -0.2) is 8.78 Å². The van der Waals surface area contributed by atoms with E-state index in [1.807, 2.05) is 0 Å². The number of hydrogen-bond acceptors (Lipinski definition) is 4. The Labute approximate surface area is 123 Å². The van der Waals surface area contributed by atoms with Gasteiger partial charge in [0.1, 0.15) is 29.0 Å². The van der Waals surface area contributed by atoms with E-state index in [2.05, 4.69) is 12.6 Å². The standard InChI is InChI=1S/C14H5F3N2OS/c15-11-7(5-18)8(6-19)14(13(17)12(11)16)20-9-3-1-2-4-10(9)21/h1-4,21H. The lowest BCUT2D eigenvalue weighted by Crippen LogP contribution is -2.04. The average Bonchev–Trinajstić information content (AvgIpc) is 2.49. The lowest BCUT2D eigenvalue weighted by molar-refractivity contribution is 0.388. The van der Waals surface area contributed by atoms with Crippen LogP contribution in [-0.4, -0.2) is 0 Å². The van der Waals surface area contributed by atoms with Crippen molar-refractivity contribution in [3.63, 3.8) is 0 Å². The molecule has 104 valence electrons. The first-order valence-electron chi connectivity index (χ1n) is 5.47. The molecule has 0 atom stereocenters. The van der Waals surface area contributed by atoms with E-state index in [9.17, 15) is 13.2 Å². The lowest BCUT2D eigenvalue weighted by atomic mass is 10.1. The van der Waals surface area contributed by atoms with Crippen molar-refractivity contribution >= 4 is 12.6 Å². The number of para-hydroxylation sites is 1. The van der Waals surface area contributed by atoms with E-state index in [1.165, 1.54) is 24.3 Å². The SMILES string of the molecule is N#Cc1c(F)c(F)c(F)c(Oc2ccccc2S)c1C#N. The van der Waals surface area contributed by atoms with Crippen LogP contribution in [0.4, 0.5) is 13.2 Å². The minimum atomic E-state index is -1.88. The van der Waals surface area contributed by atoms with E-state index in [0.29, 0.717) is 4.90 Å². The fraction of sp³-hybridized carbons (Fsp3) is 0. The number of nitriles is 2. The zero-order chi connectivity index (χ0) is 15.6. The van der Waals surface area contributed by atoms with E-state index in [1.54, 1.807) is 12.1 Å². The summed E-state index contributed by atoms with van der Waals surface area (Å²) in [6, 6.07) is 8.86. The molecular weight excluding hydrogens is 301 g/mol. The number of halogens is 3. The maximum Gasteiger partial charge on any atom is 0.205 e. The number of thiol groups is 1. The van der Waals surface area contributed by atoms with E-state index < -0.39 is 34.3 Å². The molecule has 0 aromatic heterocycles. The molecule has 0 aliphatic rings. The van der Waals surface area contributed by atoms with Crippen molar-refractivity contribution in [3.05, 3.63) is 52.8 Å². The first-order valence-corrected chi connectivity index (χ1v) is 5.92. The van der Waals surface area contributed by atoms with Gasteiger partial charge < -0.3 is 4.74 Å². The normalized spacial score (nSPS) is 9.81. The van der Waals surface area contributed by atoms with Crippen LogP contribution in [0.2, 0.25) is 0 Å². The van der Waals surface area contributed by atoms with Crippen LogP contribution in [0.5, 0.6) is 11.5 Å². The highest BCUT2D eigenvalue weighted by Gasteiger charge is 2.27. The maximum absolute atomic E-state index is 13.8. The fourth-order valence-electron chi connectivity index (χ4n) is 1.60. The Bertz CT molecular complexity index is 809. The molecule has 0 unspecified atom stereocenters. The van der Waals surface area contributed by atoms with Crippen molar-refractivity contribution in [1.82, 2.24) is 0 Å². The smallest absolute Gasteiger partial charge is 0.205 e. The Kier molecular flexibility index (Phi) is 4.06. The molecule has 2 aromatic rings. The van der Waals surface area contributed by atoms with Crippen molar-refractivity contribution < 1.29 is 17.9 Å². The van der Waals surface area contributed by atoms with E-state index in [0.717, 1.165) is 0 Å². The molecule has 0 heterocycles. The van der Waals surface area contributed by atoms with Crippen molar-refractivity contribution in [2.45, 2.75) is 4.90 Å². The largest absolute Gasteiger partial charge is 0.452 e. The van der Waals surface area contributed by atoms with E-state index in [-0.39, 0.29) is 5.75 Å². The highest BCUT2D eigenvalue weighted by molar-refractivity contribution is 7.80. The second-order valence-corrected chi connectivity index (χ2v) is 4.30. The Morgan fingerprint density at radius 3 is 2.10 bits per heavy atom. The minimum Gasteiger partial charge on any atom is -0.452 e. The number of nitrogens with zero attached hydrogens (tertiary/aromatic N) is 2. The van der Waals surface area contributed by atoms with Crippen molar-refractivity contribution in [1.29, 1.82) is 10.5 Å². The van der Waals surface area contributed by atoms with Gasteiger partial charge in [-0.05, 0) is 12.1 Å². The van der Waals surface area contributed by atoms with E-state index in [4.69, 9.17) is 15.3 Å². The summed E-state index contributed by atoms with van der Waals surface area (Å²) in [7, 11) is 0. The van der Waals surface area contributed by atoms with Gasteiger partial charge >= 0.3 is 0 Å². The van der Waals surface area contributed by atoms with Gasteiger partial charge in [0.2, 0.25) is 5.82 Å².